The highest BCUT2D eigenvalue weighted by molar-refractivity contribution is 7.80. The van der Waals surface area contributed by atoms with Gasteiger partial charge in [-0.05, 0) is 18.9 Å². The fourth-order valence-electron chi connectivity index (χ4n) is 1.54. The average Bonchev–Trinajstić information content (AvgIpc) is 2.24. The molecular formula is C12H16O3S. The molecule has 1 aromatic carbocycles. The second kappa shape index (κ2) is 6.43. The van der Waals surface area contributed by atoms with Crippen molar-refractivity contribution in [2.75, 3.05) is 0 Å². The molecule has 0 radical (unpaired) electrons. The quantitative estimate of drug-likeness (QED) is 0.529. The number of phenolic OH excluding ortho intramolecular Hbond substituents is 1. The molecule has 4 heteroatoms. The summed E-state index contributed by atoms with van der Waals surface area (Å²) in [6.45, 7) is 0. The Balaban J connectivity index is 2.38. The van der Waals surface area contributed by atoms with Gasteiger partial charge in [0.15, 0.2) is 0 Å². The van der Waals surface area contributed by atoms with Gasteiger partial charge in [0.1, 0.15) is 5.75 Å². The number of carboxylic acids is 1. The molecule has 0 heterocycles. The van der Waals surface area contributed by atoms with Crippen LogP contribution in [0.3, 0.4) is 0 Å². The Morgan fingerprint density at radius 2 is 2.00 bits per heavy atom. The molecule has 0 bridgehead atoms. The summed E-state index contributed by atoms with van der Waals surface area (Å²) in [5, 5.41) is 18.0. The van der Waals surface area contributed by atoms with E-state index >= 15 is 0 Å². The van der Waals surface area contributed by atoms with Gasteiger partial charge >= 0.3 is 5.97 Å². The van der Waals surface area contributed by atoms with Crippen molar-refractivity contribution in [3.63, 3.8) is 0 Å². The van der Waals surface area contributed by atoms with Crippen molar-refractivity contribution in [2.45, 2.75) is 30.9 Å². The standard InChI is InChI=1S/C12H16O3S/c13-10-6-2-1-5-9(10)11(16)7-3-4-8-12(14)15/h1-2,5-6,11,13,16H,3-4,7-8H2,(H,14,15). The van der Waals surface area contributed by atoms with E-state index in [0.717, 1.165) is 18.4 Å². The summed E-state index contributed by atoms with van der Waals surface area (Å²) in [6, 6.07) is 7.10. The lowest BCUT2D eigenvalue weighted by molar-refractivity contribution is -0.137. The minimum atomic E-state index is -0.765. The maximum atomic E-state index is 10.3. The number of aromatic hydroxyl groups is 1. The van der Waals surface area contributed by atoms with Crippen molar-refractivity contribution in [2.24, 2.45) is 0 Å². The lowest BCUT2D eigenvalue weighted by Gasteiger charge is -2.11. The minimum Gasteiger partial charge on any atom is -0.508 e. The first-order valence-corrected chi connectivity index (χ1v) is 5.80. The number of rotatable bonds is 6. The number of hydrogen-bond donors (Lipinski definition) is 3. The van der Waals surface area contributed by atoms with Crippen molar-refractivity contribution in [1.82, 2.24) is 0 Å². The number of phenols is 1. The number of para-hydroxylation sites is 1. The molecular weight excluding hydrogens is 224 g/mol. The molecule has 0 amide bonds. The monoisotopic (exact) mass is 240 g/mol. The Morgan fingerprint density at radius 3 is 2.62 bits per heavy atom. The Labute approximate surface area is 101 Å². The second-order valence-electron chi connectivity index (χ2n) is 3.71. The third-order valence-electron chi connectivity index (χ3n) is 2.41. The van der Waals surface area contributed by atoms with Gasteiger partial charge in [-0.3, -0.25) is 4.79 Å². The smallest absolute Gasteiger partial charge is 0.303 e. The van der Waals surface area contributed by atoms with E-state index in [-0.39, 0.29) is 17.4 Å². The molecule has 0 aliphatic carbocycles. The Kier molecular flexibility index (Phi) is 5.19. The highest BCUT2D eigenvalue weighted by Crippen LogP contribution is 2.32. The number of hydrogen-bond acceptors (Lipinski definition) is 3. The van der Waals surface area contributed by atoms with Gasteiger partial charge in [-0.1, -0.05) is 24.6 Å². The van der Waals surface area contributed by atoms with Crippen molar-refractivity contribution >= 4 is 18.6 Å². The molecule has 2 N–H and O–H groups in total. The van der Waals surface area contributed by atoms with E-state index in [1.165, 1.54) is 0 Å². The van der Waals surface area contributed by atoms with Crippen molar-refractivity contribution in [3.8, 4) is 5.75 Å². The van der Waals surface area contributed by atoms with Gasteiger partial charge in [0, 0.05) is 17.2 Å². The molecule has 0 saturated heterocycles. The molecule has 3 nitrogen and oxygen atoms in total. The summed E-state index contributed by atoms with van der Waals surface area (Å²) in [7, 11) is 0. The third-order valence-corrected chi connectivity index (χ3v) is 2.95. The van der Waals surface area contributed by atoms with Crippen LogP contribution in [-0.2, 0) is 4.79 Å². The first kappa shape index (κ1) is 12.9. The number of carbonyl (C=O) groups is 1. The van der Waals surface area contributed by atoms with Gasteiger partial charge in [0.25, 0.3) is 0 Å². The van der Waals surface area contributed by atoms with Gasteiger partial charge < -0.3 is 10.2 Å². The lowest BCUT2D eigenvalue weighted by atomic mass is 10.0. The number of thiol groups is 1. The summed E-state index contributed by atoms with van der Waals surface area (Å²) in [5.74, 6) is -0.515. The van der Waals surface area contributed by atoms with E-state index in [1.54, 1.807) is 12.1 Å². The number of aliphatic carboxylic acids is 1. The highest BCUT2D eigenvalue weighted by Gasteiger charge is 2.10. The van der Waals surface area contributed by atoms with Crippen LogP contribution in [0.1, 0.15) is 36.5 Å². The SMILES string of the molecule is O=C(O)CCCCC(S)c1ccccc1O. The van der Waals surface area contributed by atoms with Gasteiger partial charge in [0.2, 0.25) is 0 Å². The molecule has 0 aromatic heterocycles. The zero-order valence-corrected chi connectivity index (χ0v) is 9.86. The van der Waals surface area contributed by atoms with Crippen LogP contribution >= 0.6 is 12.6 Å². The van der Waals surface area contributed by atoms with Crippen LogP contribution in [0, 0.1) is 0 Å². The summed E-state index contributed by atoms with van der Waals surface area (Å²) < 4.78 is 0. The summed E-state index contributed by atoms with van der Waals surface area (Å²) >= 11 is 4.41. The summed E-state index contributed by atoms with van der Waals surface area (Å²) in [5.41, 5.74) is 0.807. The van der Waals surface area contributed by atoms with Gasteiger partial charge in [0.05, 0.1) is 0 Å². The highest BCUT2D eigenvalue weighted by atomic mass is 32.1. The summed E-state index contributed by atoms with van der Waals surface area (Å²) in [4.78, 5) is 10.3. The molecule has 88 valence electrons. The van der Waals surface area contributed by atoms with Crippen LogP contribution in [0.5, 0.6) is 5.75 Å². The zero-order valence-electron chi connectivity index (χ0n) is 8.97. The molecule has 0 spiro atoms. The Hall–Kier alpha value is -1.16. The van der Waals surface area contributed by atoms with Crippen LogP contribution in [0.15, 0.2) is 24.3 Å². The van der Waals surface area contributed by atoms with Crippen LogP contribution in [0.2, 0.25) is 0 Å². The fraction of sp³-hybridized carbons (Fsp3) is 0.417. The van der Waals surface area contributed by atoms with E-state index in [2.05, 4.69) is 12.6 Å². The number of carboxylic acid groups (broad SMARTS) is 1. The second-order valence-corrected chi connectivity index (χ2v) is 4.34. The Bertz CT molecular complexity index is 352. The molecule has 0 aliphatic rings. The van der Waals surface area contributed by atoms with Crippen LogP contribution < -0.4 is 0 Å². The van der Waals surface area contributed by atoms with Crippen LogP contribution in [0.25, 0.3) is 0 Å². The third kappa shape index (κ3) is 4.14. The van der Waals surface area contributed by atoms with Gasteiger partial charge in [-0.15, -0.1) is 0 Å². The van der Waals surface area contributed by atoms with E-state index in [0.29, 0.717) is 6.42 Å². The van der Waals surface area contributed by atoms with E-state index in [1.807, 2.05) is 12.1 Å². The number of unbranched alkanes of at least 4 members (excludes halogenated alkanes) is 1. The first-order chi connectivity index (χ1) is 7.61. The van der Waals surface area contributed by atoms with E-state index in [4.69, 9.17) is 5.11 Å². The topological polar surface area (TPSA) is 57.5 Å². The predicted molar refractivity (Wildman–Crippen MR) is 65.9 cm³/mol. The molecule has 0 aliphatic heterocycles. The molecule has 0 saturated carbocycles. The average molecular weight is 240 g/mol. The predicted octanol–water partition coefficient (Wildman–Crippen LogP) is 3.01. The molecule has 1 atom stereocenters. The van der Waals surface area contributed by atoms with Crippen molar-refractivity contribution < 1.29 is 15.0 Å². The fourth-order valence-corrected chi connectivity index (χ4v) is 1.94. The normalized spacial score (nSPS) is 12.3. The van der Waals surface area contributed by atoms with Crippen LogP contribution in [-0.4, -0.2) is 16.2 Å². The van der Waals surface area contributed by atoms with Gasteiger partial charge in [-0.25, -0.2) is 0 Å². The van der Waals surface area contributed by atoms with E-state index in [9.17, 15) is 9.90 Å². The maximum absolute atomic E-state index is 10.3. The molecule has 1 aromatic rings. The Morgan fingerprint density at radius 1 is 1.31 bits per heavy atom. The van der Waals surface area contributed by atoms with Crippen LogP contribution in [0.4, 0.5) is 0 Å². The largest absolute Gasteiger partial charge is 0.508 e. The molecule has 1 rings (SSSR count). The maximum Gasteiger partial charge on any atom is 0.303 e. The molecule has 1 unspecified atom stereocenters. The summed E-state index contributed by atoms with van der Waals surface area (Å²) in [6.07, 6.45) is 2.42. The van der Waals surface area contributed by atoms with E-state index < -0.39 is 5.97 Å². The number of benzene rings is 1. The van der Waals surface area contributed by atoms with Crippen molar-refractivity contribution in [1.29, 1.82) is 0 Å². The first-order valence-electron chi connectivity index (χ1n) is 5.29. The molecule has 16 heavy (non-hydrogen) atoms. The lowest BCUT2D eigenvalue weighted by Crippen LogP contribution is -1.96. The minimum absolute atomic E-state index is 0.0324. The molecule has 0 fully saturated rings. The van der Waals surface area contributed by atoms with Gasteiger partial charge in [-0.2, -0.15) is 12.6 Å². The van der Waals surface area contributed by atoms with Crippen molar-refractivity contribution in [3.05, 3.63) is 29.8 Å². The zero-order chi connectivity index (χ0) is 12.0.